The molecule has 10 aromatic rings. The van der Waals surface area contributed by atoms with Crippen LogP contribution in [0.15, 0.2) is 217 Å². The van der Waals surface area contributed by atoms with E-state index in [1.165, 1.54) is 86.9 Å². The molecule has 2 aliphatic rings. The van der Waals surface area contributed by atoms with Crippen LogP contribution in [0.5, 0.6) is 0 Å². The summed E-state index contributed by atoms with van der Waals surface area (Å²) >= 11 is 0. The van der Waals surface area contributed by atoms with Gasteiger partial charge in [0.15, 0.2) is 0 Å². The van der Waals surface area contributed by atoms with E-state index in [2.05, 4.69) is 211 Å². The Balaban J connectivity index is 1.05. The molecule has 0 amide bonds. The molecule has 0 saturated heterocycles. The lowest BCUT2D eigenvalue weighted by Gasteiger charge is -2.30. The molecule has 0 bridgehead atoms. The molecular weight excluding hydrogens is 739 g/mol. The number of furan rings is 1. The molecule has 2 heteroatoms. The third kappa shape index (κ3) is 5.70. The van der Waals surface area contributed by atoms with E-state index in [0.717, 1.165) is 44.6 Å². The van der Waals surface area contributed by atoms with Crippen LogP contribution in [0.4, 0.5) is 17.1 Å². The van der Waals surface area contributed by atoms with Gasteiger partial charge in [-0.3, -0.25) is 0 Å². The second kappa shape index (κ2) is 14.4. The summed E-state index contributed by atoms with van der Waals surface area (Å²) in [5.74, 6) is 0. The molecule has 0 atom stereocenters. The average molecular weight is 782 g/mol. The summed E-state index contributed by atoms with van der Waals surface area (Å²) in [5, 5.41) is 2.29. The Morgan fingerprint density at radius 1 is 0.361 bits per heavy atom. The maximum Gasteiger partial charge on any atom is 0.136 e. The summed E-state index contributed by atoms with van der Waals surface area (Å²) in [7, 11) is 0. The monoisotopic (exact) mass is 781 g/mol. The third-order valence-electron chi connectivity index (χ3n) is 13.5. The highest BCUT2D eigenvalue weighted by Crippen LogP contribution is 2.58. The van der Waals surface area contributed by atoms with Gasteiger partial charge in [-0.25, -0.2) is 0 Å². The van der Waals surface area contributed by atoms with E-state index in [1.807, 2.05) is 6.07 Å². The minimum absolute atomic E-state index is 0.109. The maximum absolute atomic E-state index is 6.31. The number of anilines is 3. The van der Waals surface area contributed by atoms with E-state index in [0.29, 0.717) is 0 Å². The first-order chi connectivity index (χ1) is 30.2. The topological polar surface area (TPSA) is 16.4 Å². The molecule has 1 fully saturated rings. The maximum atomic E-state index is 6.31. The Bertz CT molecular complexity index is 3260. The van der Waals surface area contributed by atoms with Gasteiger partial charge in [0.25, 0.3) is 0 Å². The number of nitrogens with zero attached hydrogens (tertiary/aromatic N) is 1. The molecule has 0 unspecified atom stereocenters. The van der Waals surface area contributed by atoms with Gasteiger partial charge >= 0.3 is 0 Å². The minimum Gasteiger partial charge on any atom is -0.456 e. The normalized spacial score (nSPS) is 13.8. The van der Waals surface area contributed by atoms with Crippen LogP contribution in [0.3, 0.4) is 0 Å². The van der Waals surface area contributed by atoms with Gasteiger partial charge in [0.1, 0.15) is 11.2 Å². The Morgan fingerprint density at radius 2 is 0.902 bits per heavy atom. The van der Waals surface area contributed by atoms with E-state index < -0.39 is 0 Å². The molecule has 1 heterocycles. The fourth-order valence-corrected chi connectivity index (χ4v) is 10.8. The van der Waals surface area contributed by atoms with E-state index in [4.69, 9.17) is 4.42 Å². The predicted octanol–water partition coefficient (Wildman–Crippen LogP) is 16.6. The second-order valence-corrected chi connectivity index (χ2v) is 16.7. The number of para-hydroxylation sites is 2. The van der Waals surface area contributed by atoms with Crippen molar-refractivity contribution in [2.45, 2.75) is 31.1 Å². The van der Waals surface area contributed by atoms with Crippen LogP contribution in [-0.2, 0) is 5.41 Å². The van der Waals surface area contributed by atoms with E-state index in [1.54, 1.807) is 0 Å². The summed E-state index contributed by atoms with van der Waals surface area (Å²) in [4.78, 5) is 2.48. The highest BCUT2D eigenvalue weighted by molar-refractivity contribution is 6.12. The quantitative estimate of drug-likeness (QED) is 0.160. The summed E-state index contributed by atoms with van der Waals surface area (Å²) in [6.07, 6.45) is 4.97. The van der Waals surface area contributed by atoms with E-state index >= 15 is 0 Å². The molecule has 9 aromatic carbocycles. The lowest BCUT2D eigenvalue weighted by Crippen LogP contribution is -2.20. The van der Waals surface area contributed by atoms with Gasteiger partial charge in [-0.15, -0.1) is 0 Å². The molecule has 290 valence electrons. The van der Waals surface area contributed by atoms with Crippen molar-refractivity contribution in [1.82, 2.24) is 0 Å². The highest BCUT2D eigenvalue weighted by atomic mass is 16.3. The van der Waals surface area contributed by atoms with Crippen LogP contribution in [0, 0.1) is 0 Å². The fraction of sp³-hybridized carbons (Fsp3) is 0.0847. The van der Waals surface area contributed by atoms with Crippen molar-refractivity contribution in [2.24, 2.45) is 0 Å². The van der Waals surface area contributed by atoms with Crippen LogP contribution in [-0.4, -0.2) is 0 Å². The standard InChI is InChI=1S/C59H43NO/c1-2-17-40(18-3-1)44-19-4-5-20-46(44)47-21-6-7-22-48(47)50-24-9-12-28-55(50)60(43-35-36-54-52(39-43)49-23-8-11-27-53(49)59(54)37-14-15-38-59)42-33-31-41(32-34-42)45-26-16-30-57-58(45)51-25-10-13-29-56(51)61-57/h1-13,16-36,39H,14-15,37-38H2. The van der Waals surface area contributed by atoms with E-state index in [-0.39, 0.29) is 5.41 Å². The zero-order valence-electron chi connectivity index (χ0n) is 33.9. The van der Waals surface area contributed by atoms with Crippen molar-refractivity contribution < 1.29 is 4.42 Å². The molecule has 1 aromatic heterocycles. The third-order valence-corrected chi connectivity index (χ3v) is 13.5. The van der Waals surface area contributed by atoms with Crippen LogP contribution in [0.2, 0.25) is 0 Å². The Hall–Kier alpha value is -7.42. The first kappa shape index (κ1) is 35.5. The summed E-state index contributed by atoms with van der Waals surface area (Å²) < 4.78 is 6.31. The second-order valence-electron chi connectivity index (χ2n) is 16.7. The highest BCUT2D eigenvalue weighted by Gasteiger charge is 2.45. The van der Waals surface area contributed by atoms with Crippen LogP contribution < -0.4 is 4.90 Å². The first-order valence-electron chi connectivity index (χ1n) is 21.6. The van der Waals surface area contributed by atoms with Crippen molar-refractivity contribution in [1.29, 1.82) is 0 Å². The first-order valence-corrected chi connectivity index (χ1v) is 21.6. The predicted molar refractivity (Wildman–Crippen MR) is 255 cm³/mol. The molecule has 12 rings (SSSR count). The van der Waals surface area contributed by atoms with Gasteiger partial charge < -0.3 is 9.32 Å². The minimum atomic E-state index is 0.109. The SMILES string of the molecule is c1ccc(-c2ccccc2-c2ccccc2-c2ccccc2N(c2ccc(-c3cccc4oc5ccccc5c34)cc2)c2ccc3c(c2)-c2ccccc2C32CCCC2)cc1. The molecule has 2 aliphatic carbocycles. The molecular formula is C59H43NO. The van der Waals surface area contributed by atoms with Crippen molar-refractivity contribution in [3.05, 3.63) is 223 Å². The summed E-state index contributed by atoms with van der Waals surface area (Å²) in [6.45, 7) is 0. The van der Waals surface area contributed by atoms with Gasteiger partial charge in [-0.1, -0.05) is 183 Å². The van der Waals surface area contributed by atoms with Crippen molar-refractivity contribution in [3.63, 3.8) is 0 Å². The molecule has 1 saturated carbocycles. The number of hydrogen-bond donors (Lipinski definition) is 0. The molecule has 0 aliphatic heterocycles. The Morgan fingerprint density at radius 3 is 1.69 bits per heavy atom. The molecule has 0 N–H and O–H groups in total. The van der Waals surface area contributed by atoms with Gasteiger partial charge in [0, 0.05) is 33.1 Å². The largest absolute Gasteiger partial charge is 0.456 e. The van der Waals surface area contributed by atoms with Gasteiger partial charge in [0.2, 0.25) is 0 Å². The lowest BCUT2D eigenvalue weighted by atomic mass is 9.77. The number of benzene rings is 9. The molecule has 0 radical (unpaired) electrons. The molecule has 2 nitrogen and oxygen atoms in total. The summed E-state index contributed by atoms with van der Waals surface area (Å²) in [5.41, 5.74) is 20.6. The fourth-order valence-electron chi connectivity index (χ4n) is 10.8. The zero-order valence-corrected chi connectivity index (χ0v) is 33.9. The van der Waals surface area contributed by atoms with Gasteiger partial charge in [0.05, 0.1) is 5.69 Å². The van der Waals surface area contributed by atoms with Crippen LogP contribution in [0.1, 0.15) is 36.8 Å². The van der Waals surface area contributed by atoms with Gasteiger partial charge in [-0.2, -0.15) is 0 Å². The van der Waals surface area contributed by atoms with E-state index in [9.17, 15) is 0 Å². The smallest absolute Gasteiger partial charge is 0.136 e. The zero-order chi connectivity index (χ0) is 40.3. The van der Waals surface area contributed by atoms with Crippen LogP contribution in [0.25, 0.3) is 77.6 Å². The lowest BCUT2D eigenvalue weighted by molar-refractivity contribution is 0.550. The number of hydrogen-bond acceptors (Lipinski definition) is 2. The van der Waals surface area contributed by atoms with Crippen molar-refractivity contribution >= 4 is 39.0 Å². The van der Waals surface area contributed by atoms with Gasteiger partial charge in [-0.05, 0) is 117 Å². The Kier molecular flexibility index (Phi) is 8.38. The molecule has 1 spiro atoms. The van der Waals surface area contributed by atoms with Crippen molar-refractivity contribution in [2.75, 3.05) is 4.90 Å². The molecule has 61 heavy (non-hydrogen) atoms. The summed E-state index contributed by atoms with van der Waals surface area (Å²) in [6, 6.07) is 77.8. The average Bonchev–Trinajstić information content (AvgIpc) is 4.05. The number of rotatable bonds is 7. The van der Waals surface area contributed by atoms with Crippen molar-refractivity contribution in [3.8, 4) is 55.6 Å². The van der Waals surface area contributed by atoms with Crippen LogP contribution >= 0.6 is 0 Å². The Labute approximate surface area is 357 Å². The number of fused-ring (bicyclic) bond motifs is 8.